The lowest BCUT2D eigenvalue weighted by Crippen LogP contribution is -2.22. The van der Waals surface area contributed by atoms with Gasteiger partial charge in [0.2, 0.25) is 0 Å². The molecule has 1 aromatic carbocycles. The number of alkyl halides is 3. The van der Waals surface area contributed by atoms with Crippen LogP contribution >= 0.6 is 0 Å². The predicted molar refractivity (Wildman–Crippen MR) is 50.4 cm³/mol. The Balaban J connectivity index is 3.86. The average Bonchev–Trinajstić information content (AvgIpc) is 2.43. The van der Waals surface area contributed by atoms with Gasteiger partial charge in [-0.25, -0.2) is 0 Å². The number of ether oxygens (including phenoxy) is 1. The zero-order valence-electron chi connectivity index (χ0n) is 15.6. The molecule has 1 atom stereocenters. The number of halogens is 3. The van der Waals surface area contributed by atoms with Crippen LogP contribution in [0.4, 0.5) is 13.2 Å². The van der Waals surface area contributed by atoms with Crippen LogP contribution in [0.1, 0.15) is 25.4 Å². The molecule has 0 radical (unpaired) electrons. The predicted octanol–water partition coefficient (Wildman–Crippen LogP) is 1.88. The second kappa shape index (κ2) is 4.52. The lowest BCUT2D eigenvalue weighted by molar-refractivity contribution is -0.142. The average molecular weight is 241 g/mol. The van der Waals surface area contributed by atoms with E-state index < -0.39 is 66.3 Å². The van der Waals surface area contributed by atoms with Crippen LogP contribution in [0, 0.1) is 0 Å². The third-order valence-electron chi connectivity index (χ3n) is 1.47. The maximum Gasteiger partial charge on any atom is 0.416 e. The molecule has 16 heavy (non-hydrogen) atoms. The second-order valence-corrected chi connectivity index (χ2v) is 2.53. The summed E-state index contributed by atoms with van der Waals surface area (Å²) in [7, 11) is -1.05. The molecule has 0 heterocycles. The molecule has 6 heteroatoms. The van der Waals surface area contributed by atoms with Gasteiger partial charge in [0.25, 0.3) is 0 Å². The Morgan fingerprint density at radius 2 is 2.25 bits per heavy atom. The minimum absolute atomic E-state index is 0.636. The van der Waals surface area contributed by atoms with Gasteiger partial charge in [-0.1, -0.05) is 12.1 Å². The first-order valence-corrected chi connectivity index (χ1v) is 3.74. The highest BCUT2D eigenvalue weighted by Crippen LogP contribution is 2.29. The first kappa shape index (κ1) is 5.18. The van der Waals surface area contributed by atoms with E-state index in [9.17, 15) is 18.0 Å². The number of carbonyl (C=O) groups excluding carboxylic acids is 1. The van der Waals surface area contributed by atoms with Gasteiger partial charge in [-0.05, 0) is 17.6 Å². The highest BCUT2D eigenvalue weighted by atomic mass is 19.4. The first-order chi connectivity index (χ1) is 10.8. The summed E-state index contributed by atoms with van der Waals surface area (Å²) in [4.78, 5) is 11.8. The Kier molecular flexibility index (Phi) is 1.46. The van der Waals surface area contributed by atoms with Crippen LogP contribution in [0.5, 0.6) is 0 Å². The zero-order valence-corrected chi connectivity index (χ0v) is 7.60. The Hall–Kier alpha value is -1.56. The van der Waals surface area contributed by atoms with Crippen LogP contribution in [0.15, 0.2) is 24.2 Å². The minimum atomic E-state index is -5.23. The molecule has 0 aromatic heterocycles. The molecule has 0 aliphatic carbocycles. The number of methoxy groups -OCH3 is 1. The van der Waals surface area contributed by atoms with Crippen molar-refractivity contribution >= 4 is 5.97 Å². The van der Waals surface area contributed by atoms with Crippen molar-refractivity contribution in [3.63, 3.8) is 0 Å². The Morgan fingerprint density at radius 3 is 2.69 bits per heavy atom. The van der Waals surface area contributed by atoms with E-state index in [2.05, 4.69) is 4.74 Å². The molecule has 0 saturated carbocycles. The molecule has 0 spiro atoms. The lowest BCUT2D eigenvalue weighted by atomic mass is 10.1. The smallest absolute Gasteiger partial charge is 0.416 e. The third-order valence-corrected chi connectivity index (χ3v) is 1.47. The molecule has 2 N–H and O–H groups in total. The number of esters is 1. The molecule has 0 aliphatic rings. The Bertz CT molecular complexity index is 639. The van der Waals surface area contributed by atoms with Gasteiger partial charge in [0.1, 0.15) is 8.84 Å². The third kappa shape index (κ3) is 2.73. The fourth-order valence-corrected chi connectivity index (χ4v) is 0.743. The number of nitrogens with two attached hydrogens (primary N) is 1. The standard InChI is InChI=1S/C10H10F3NO2/c1-16-9(15)8(14)6-2-4-7(5-3-6)10(11,12)13/h2-5,8H,14H2,1H3/i1D,2D,3D,4D,5D,8D/hD2. The molecule has 0 aliphatic heterocycles. The summed E-state index contributed by atoms with van der Waals surface area (Å²) in [5.74, 6) is -1.77. The van der Waals surface area contributed by atoms with Crippen molar-refractivity contribution in [1.82, 2.24) is 0 Å². The Labute approximate surface area is 101 Å². The quantitative estimate of drug-likeness (QED) is 0.822. The summed E-state index contributed by atoms with van der Waals surface area (Å²) >= 11 is 0. The van der Waals surface area contributed by atoms with Gasteiger partial charge < -0.3 is 10.5 Å². The van der Waals surface area contributed by atoms with Gasteiger partial charge in [-0.2, -0.15) is 13.2 Å². The van der Waals surface area contributed by atoms with Gasteiger partial charge in [-0.3, -0.25) is 4.79 Å². The summed E-state index contributed by atoms with van der Waals surface area (Å²) in [5.41, 5.74) is -3.80. The van der Waals surface area contributed by atoms with Crippen LogP contribution in [0.25, 0.3) is 0 Å². The van der Waals surface area contributed by atoms with E-state index in [1.54, 1.807) is 0 Å². The molecular weight excluding hydrogens is 223 g/mol. The largest absolute Gasteiger partial charge is 0.468 e. The SMILES string of the molecule is [2H]COC(=O)C([2H])(c1c([2H])c([2H])c(C(F)(F)F)c([2H])c1[2H])N([2H])[2H]. The molecule has 3 nitrogen and oxygen atoms in total. The summed E-state index contributed by atoms with van der Waals surface area (Å²) in [6, 6.07) is -9.29. The number of hydrogen-bond acceptors (Lipinski definition) is 3. The molecular formula is C10H10F3NO2. The van der Waals surface area contributed by atoms with E-state index in [4.69, 9.17) is 11.0 Å². The van der Waals surface area contributed by atoms with Gasteiger partial charge in [0.15, 0.2) is 0 Å². The number of rotatable bonds is 3. The van der Waals surface area contributed by atoms with Crippen LogP contribution in [0.2, 0.25) is 2.82 Å². The second-order valence-electron chi connectivity index (χ2n) is 2.53. The highest BCUT2D eigenvalue weighted by molar-refractivity contribution is 5.77. The van der Waals surface area contributed by atoms with Crippen molar-refractivity contribution in [3.8, 4) is 0 Å². The zero-order chi connectivity index (χ0) is 19.0. The van der Waals surface area contributed by atoms with E-state index in [-0.39, 0.29) is 0 Å². The van der Waals surface area contributed by atoms with Crippen LogP contribution < -0.4 is 5.72 Å². The molecule has 1 rings (SSSR count). The number of hydrogen-bond donors (Lipinski definition) is 1. The fraction of sp³-hybridized carbons (Fsp3) is 0.300. The van der Waals surface area contributed by atoms with Crippen molar-refractivity contribution in [1.29, 1.82) is 0 Å². The summed E-state index contributed by atoms with van der Waals surface area (Å²) in [6.07, 6.45) is -5.23. The van der Waals surface area contributed by atoms with Gasteiger partial charge in [-0.15, -0.1) is 0 Å². The Morgan fingerprint density at radius 1 is 1.62 bits per heavy atom. The minimum Gasteiger partial charge on any atom is -0.468 e. The van der Waals surface area contributed by atoms with Crippen molar-refractivity contribution < 1.29 is 33.8 Å². The molecule has 1 unspecified atom stereocenters. The van der Waals surface area contributed by atoms with Crippen molar-refractivity contribution in [2.75, 3.05) is 7.09 Å². The van der Waals surface area contributed by atoms with Crippen molar-refractivity contribution in [2.45, 2.75) is 12.2 Å². The van der Waals surface area contributed by atoms with Crippen LogP contribution in [0.3, 0.4) is 0 Å². The van der Waals surface area contributed by atoms with E-state index in [1.807, 2.05) is 0 Å². The summed E-state index contributed by atoms with van der Waals surface area (Å²) in [5, 5.41) is 0. The maximum absolute atomic E-state index is 12.9. The lowest BCUT2D eigenvalue weighted by Gasteiger charge is -2.11. The molecule has 0 saturated heterocycles. The summed E-state index contributed by atoms with van der Waals surface area (Å²) < 4.78 is 102. The van der Waals surface area contributed by atoms with E-state index >= 15 is 0 Å². The summed E-state index contributed by atoms with van der Waals surface area (Å²) in [6.45, 7) is 0. The fourth-order valence-electron chi connectivity index (χ4n) is 0.743. The molecule has 0 fully saturated rings. The van der Waals surface area contributed by atoms with Crippen LogP contribution in [-0.2, 0) is 15.7 Å². The van der Waals surface area contributed by atoms with E-state index in [1.165, 1.54) is 0 Å². The molecule has 0 amide bonds. The molecule has 0 bridgehead atoms. The normalized spacial score (nSPS) is 22.5. The van der Waals surface area contributed by atoms with Gasteiger partial charge in [0.05, 0.1) is 20.9 Å². The number of benzene rings is 1. The van der Waals surface area contributed by atoms with Crippen molar-refractivity contribution in [2.24, 2.45) is 5.72 Å². The molecule has 1 aromatic rings. The van der Waals surface area contributed by atoms with Gasteiger partial charge in [0, 0.05) is 0 Å². The van der Waals surface area contributed by atoms with E-state index in [0.29, 0.717) is 0 Å². The maximum atomic E-state index is 12.9. The molecule has 88 valence electrons. The number of carbonyl (C=O) groups is 1. The van der Waals surface area contributed by atoms with Crippen molar-refractivity contribution in [3.05, 3.63) is 35.3 Å². The van der Waals surface area contributed by atoms with E-state index in [0.717, 1.165) is 0 Å². The topological polar surface area (TPSA) is 52.3 Å². The highest BCUT2D eigenvalue weighted by Gasteiger charge is 2.30. The monoisotopic (exact) mass is 241 g/mol. The first-order valence-electron chi connectivity index (χ1n) is 7.84. The van der Waals surface area contributed by atoms with Crippen LogP contribution in [-0.4, -0.2) is 13.1 Å². The van der Waals surface area contributed by atoms with Gasteiger partial charge >= 0.3 is 12.1 Å².